The van der Waals surface area contributed by atoms with E-state index in [1.807, 2.05) is 11.2 Å². The van der Waals surface area contributed by atoms with E-state index in [1.54, 1.807) is 12.4 Å². The summed E-state index contributed by atoms with van der Waals surface area (Å²) in [5.41, 5.74) is 0.612. The number of unbranched alkanes of at least 4 members (excludes halogenated alkanes) is 1. The number of hydrogen-bond donors (Lipinski definition) is 0. The highest BCUT2D eigenvalue weighted by molar-refractivity contribution is 7.98. The summed E-state index contributed by atoms with van der Waals surface area (Å²) >= 11 is 1.49. The first kappa shape index (κ1) is 14.3. The third-order valence-electron chi connectivity index (χ3n) is 3.59. The van der Waals surface area contributed by atoms with Crippen molar-refractivity contribution in [2.75, 3.05) is 12.8 Å². The lowest BCUT2D eigenvalue weighted by Gasteiger charge is -2.24. The lowest BCUT2D eigenvalue weighted by Crippen LogP contribution is -2.35. The van der Waals surface area contributed by atoms with Gasteiger partial charge in [-0.15, -0.1) is 0 Å². The van der Waals surface area contributed by atoms with Crippen molar-refractivity contribution < 1.29 is 4.79 Å². The van der Waals surface area contributed by atoms with Gasteiger partial charge in [-0.2, -0.15) is 0 Å². The van der Waals surface area contributed by atoms with Crippen molar-refractivity contribution in [3.63, 3.8) is 0 Å². The van der Waals surface area contributed by atoms with Gasteiger partial charge in [-0.1, -0.05) is 31.5 Å². The largest absolute Gasteiger partial charge is 0.336 e. The summed E-state index contributed by atoms with van der Waals surface area (Å²) < 4.78 is 0. The van der Waals surface area contributed by atoms with Crippen LogP contribution in [0, 0.1) is 0 Å². The number of aromatic nitrogens is 2. The molecule has 0 aromatic carbocycles. The number of carbonyl (C=O) groups is 1. The summed E-state index contributed by atoms with van der Waals surface area (Å²) in [6.07, 6.45) is 11.0. The first-order valence-corrected chi connectivity index (χ1v) is 8.15. The number of rotatable bonds is 5. The van der Waals surface area contributed by atoms with Crippen molar-refractivity contribution >= 4 is 17.7 Å². The Morgan fingerprint density at radius 2 is 2.21 bits per heavy atom. The minimum atomic E-state index is 0.0891. The van der Waals surface area contributed by atoms with Gasteiger partial charge >= 0.3 is 0 Å². The second-order valence-corrected chi connectivity index (χ2v) is 5.67. The minimum absolute atomic E-state index is 0.0891. The summed E-state index contributed by atoms with van der Waals surface area (Å²) in [6.45, 7) is 3.06. The molecule has 1 amide bonds. The Hall–Kier alpha value is -1.10. The Bertz CT molecular complexity index is 421. The van der Waals surface area contributed by atoms with Crippen LogP contribution < -0.4 is 0 Å². The van der Waals surface area contributed by atoms with E-state index in [2.05, 4.69) is 16.9 Å². The third kappa shape index (κ3) is 3.47. The van der Waals surface area contributed by atoms with Gasteiger partial charge in [0.05, 0.1) is 5.56 Å². The molecule has 1 fully saturated rings. The van der Waals surface area contributed by atoms with Crippen LogP contribution in [-0.4, -0.2) is 39.6 Å². The molecular formula is C14H21N3OS. The molecule has 1 aliphatic rings. The Labute approximate surface area is 119 Å². The number of hydrogen-bond acceptors (Lipinski definition) is 4. The number of likely N-dealkylation sites (tertiary alicyclic amines) is 1. The molecule has 1 aromatic rings. The van der Waals surface area contributed by atoms with Crippen LogP contribution in [0.15, 0.2) is 17.6 Å². The average Bonchev–Trinajstić information content (AvgIpc) is 2.92. The maximum atomic E-state index is 12.5. The van der Waals surface area contributed by atoms with Gasteiger partial charge in [-0.05, 0) is 25.5 Å². The molecule has 0 saturated carbocycles. The predicted molar refractivity (Wildman–Crippen MR) is 77.4 cm³/mol. The van der Waals surface area contributed by atoms with E-state index in [-0.39, 0.29) is 5.91 Å². The van der Waals surface area contributed by atoms with E-state index >= 15 is 0 Å². The van der Waals surface area contributed by atoms with E-state index in [0.717, 1.165) is 25.8 Å². The van der Waals surface area contributed by atoms with Crippen LogP contribution in [0.25, 0.3) is 0 Å². The van der Waals surface area contributed by atoms with Crippen molar-refractivity contribution in [2.24, 2.45) is 0 Å². The number of thioether (sulfide) groups is 1. The minimum Gasteiger partial charge on any atom is -0.336 e. The number of amides is 1. The molecular weight excluding hydrogens is 258 g/mol. The van der Waals surface area contributed by atoms with Crippen LogP contribution in [0.2, 0.25) is 0 Å². The molecule has 1 atom stereocenters. The van der Waals surface area contributed by atoms with Crippen LogP contribution in [-0.2, 0) is 0 Å². The molecule has 2 rings (SSSR count). The van der Waals surface area contributed by atoms with Gasteiger partial charge in [0.15, 0.2) is 5.16 Å². The molecule has 19 heavy (non-hydrogen) atoms. The molecule has 1 aromatic heterocycles. The first-order chi connectivity index (χ1) is 9.26. The van der Waals surface area contributed by atoms with Crippen molar-refractivity contribution in [2.45, 2.75) is 50.2 Å². The van der Waals surface area contributed by atoms with Gasteiger partial charge in [-0.3, -0.25) is 4.79 Å². The quantitative estimate of drug-likeness (QED) is 0.614. The van der Waals surface area contributed by atoms with E-state index in [0.29, 0.717) is 16.8 Å². The standard InChI is InChI=1S/C14H21N3OS/c1-3-4-6-12-7-5-8-17(12)13(18)11-9-15-14(19-2)16-10-11/h9-10,12H,3-8H2,1-2H3. The molecule has 5 heteroatoms. The summed E-state index contributed by atoms with van der Waals surface area (Å²) in [4.78, 5) is 22.8. The highest BCUT2D eigenvalue weighted by Gasteiger charge is 2.29. The zero-order chi connectivity index (χ0) is 13.7. The van der Waals surface area contributed by atoms with Crippen molar-refractivity contribution in [1.29, 1.82) is 0 Å². The van der Waals surface area contributed by atoms with Gasteiger partial charge in [0, 0.05) is 25.0 Å². The maximum absolute atomic E-state index is 12.5. The fourth-order valence-corrected chi connectivity index (χ4v) is 2.86. The zero-order valence-electron chi connectivity index (χ0n) is 11.6. The van der Waals surface area contributed by atoms with Gasteiger partial charge in [-0.25, -0.2) is 9.97 Å². The van der Waals surface area contributed by atoms with Gasteiger partial charge in [0.1, 0.15) is 0 Å². The van der Waals surface area contributed by atoms with Crippen LogP contribution in [0.4, 0.5) is 0 Å². The van der Waals surface area contributed by atoms with Crippen molar-refractivity contribution in [3.05, 3.63) is 18.0 Å². The molecule has 0 radical (unpaired) electrons. The summed E-state index contributed by atoms with van der Waals surface area (Å²) in [6, 6.07) is 0.410. The predicted octanol–water partition coefficient (Wildman–Crippen LogP) is 2.99. The molecule has 0 aliphatic carbocycles. The molecule has 0 bridgehead atoms. The zero-order valence-corrected chi connectivity index (χ0v) is 12.4. The Balaban J connectivity index is 2.04. The average molecular weight is 279 g/mol. The normalized spacial score (nSPS) is 18.8. The van der Waals surface area contributed by atoms with Crippen LogP contribution >= 0.6 is 11.8 Å². The molecule has 1 unspecified atom stereocenters. The molecule has 4 nitrogen and oxygen atoms in total. The lowest BCUT2D eigenvalue weighted by molar-refractivity contribution is 0.0728. The van der Waals surface area contributed by atoms with E-state index in [1.165, 1.54) is 24.6 Å². The van der Waals surface area contributed by atoms with Gasteiger partial charge < -0.3 is 4.90 Å². The molecule has 104 valence electrons. The second-order valence-electron chi connectivity index (χ2n) is 4.90. The smallest absolute Gasteiger partial charge is 0.257 e. The number of carbonyl (C=O) groups excluding carboxylic acids is 1. The molecule has 1 saturated heterocycles. The highest BCUT2D eigenvalue weighted by Crippen LogP contribution is 2.24. The number of nitrogens with zero attached hydrogens (tertiary/aromatic N) is 3. The Kier molecular flexibility index (Phi) is 5.19. The topological polar surface area (TPSA) is 46.1 Å². The lowest BCUT2D eigenvalue weighted by atomic mass is 10.1. The monoisotopic (exact) mass is 279 g/mol. The summed E-state index contributed by atoms with van der Waals surface area (Å²) in [5, 5.41) is 0.709. The van der Waals surface area contributed by atoms with Crippen molar-refractivity contribution in [3.8, 4) is 0 Å². The summed E-state index contributed by atoms with van der Waals surface area (Å²) in [7, 11) is 0. The first-order valence-electron chi connectivity index (χ1n) is 6.93. The highest BCUT2D eigenvalue weighted by atomic mass is 32.2. The third-order valence-corrected chi connectivity index (χ3v) is 4.16. The fourth-order valence-electron chi connectivity index (χ4n) is 2.54. The SMILES string of the molecule is CCCCC1CCCN1C(=O)c1cnc(SC)nc1. The van der Waals surface area contributed by atoms with E-state index in [4.69, 9.17) is 0 Å². The second kappa shape index (κ2) is 6.89. The molecule has 2 heterocycles. The maximum Gasteiger partial charge on any atom is 0.257 e. The fraction of sp³-hybridized carbons (Fsp3) is 0.643. The Morgan fingerprint density at radius 3 is 2.84 bits per heavy atom. The van der Waals surface area contributed by atoms with E-state index in [9.17, 15) is 4.79 Å². The van der Waals surface area contributed by atoms with Crippen molar-refractivity contribution in [1.82, 2.24) is 14.9 Å². The Morgan fingerprint density at radius 1 is 1.47 bits per heavy atom. The van der Waals surface area contributed by atoms with E-state index < -0.39 is 0 Å². The van der Waals surface area contributed by atoms with Gasteiger partial charge in [0.2, 0.25) is 0 Å². The summed E-state index contributed by atoms with van der Waals surface area (Å²) in [5.74, 6) is 0.0891. The molecule has 0 spiro atoms. The van der Waals surface area contributed by atoms with Crippen LogP contribution in [0.5, 0.6) is 0 Å². The molecule has 1 aliphatic heterocycles. The molecule has 0 N–H and O–H groups in total. The van der Waals surface area contributed by atoms with Gasteiger partial charge in [0.25, 0.3) is 5.91 Å². The van der Waals surface area contributed by atoms with Crippen LogP contribution in [0.1, 0.15) is 49.4 Å². The van der Waals surface area contributed by atoms with Crippen LogP contribution in [0.3, 0.4) is 0 Å².